The molecule has 0 saturated carbocycles. The van der Waals surface area contributed by atoms with Crippen molar-refractivity contribution in [2.75, 3.05) is 4.72 Å². The minimum Gasteiger partial charge on any atom is -0.276 e. The average Bonchev–Trinajstić information content (AvgIpc) is 3.00. The van der Waals surface area contributed by atoms with Crippen LogP contribution in [-0.2, 0) is 23.0 Å². The second kappa shape index (κ2) is 7.11. The predicted octanol–water partition coefficient (Wildman–Crippen LogP) is 3.54. The van der Waals surface area contributed by atoms with E-state index in [9.17, 15) is 8.42 Å². The number of rotatable bonds is 6. The molecular formula is C19H21N3O2S. The highest BCUT2D eigenvalue weighted by molar-refractivity contribution is 7.92. The molecule has 0 fully saturated rings. The van der Waals surface area contributed by atoms with Gasteiger partial charge < -0.3 is 0 Å². The van der Waals surface area contributed by atoms with E-state index in [4.69, 9.17) is 0 Å². The summed E-state index contributed by atoms with van der Waals surface area (Å²) < 4.78 is 29.5. The van der Waals surface area contributed by atoms with Crippen LogP contribution in [0.1, 0.15) is 16.7 Å². The maximum absolute atomic E-state index is 12.6. The summed E-state index contributed by atoms with van der Waals surface area (Å²) in [6.45, 7) is 4.42. The molecule has 1 heterocycles. The maximum atomic E-state index is 12.6. The second-order valence-electron chi connectivity index (χ2n) is 6.10. The molecule has 2 aromatic carbocycles. The monoisotopic (exact) mass is 355 g/mol. The molecule has 1 aromatic heterocycles. The fraction of sp³-hybridized carbons (Fsp3) is 0.211. The first kappa shape index (κ1) is 17.2. The van der Waals surface area contributed by atoms with Crippen LogP contribution in [0.25, 0.3) is 0 Å². The molecule has 3 rings (SSSR count). The van der Waals surface area contributed by atoms with Crippen molar-refractivity contribution in [3.63, 3.8) is 0 Å². The number of benzene rings is 2. The third-order valence-corrected chi connectivity index (χ3v) is 5.52. The fourth-order valence-corrected chi connectivity index (χ4v) is 3.99. The van der Waals surface area contributed by atoms with Crippen LogP contribution >= 0.6 is 0 Å². The number of anilines is 1. The van der Waals surface area contributed by atoms with Crippen molar-refractivity contribution < 1.29 is 8.42 Å². The van der Waals surface area contributed by atoms with Crippen LogP contribution in [0.15, 0.2) is 65.8 Å². The fourth-order valence-electron chi connectivity index (χ4n) is 2.74. The van der Waals surface area contributed by atoms with Crippen molar-refractivity contribution in [1.82, 2.24) is 9.78 Å². The van der Waals surface area contributed by atoms with E-state index in [0.29, 0.717) is 12.2 Å². The normalized spacial score (nSPS) is 11.4. The molecule has 0 bridgehead atoms. The van der Waals surface area contributed by atoms with Crippen molar-refractivity contribution in [1.29, 1.82) is 0 Å². The molecule has 0 atom stereocenters. The summed E-state index contributed by atoms with van der Waals surface area (Å²) in [5.74, 6) is 0. The molecular weight excluding hydrogens is 334 g/mol. The Balaban J connectivity index is 1.70. The van der Waals surface area contributed by atoms with Crippen LogP contribution in [0.4, 0.5) is 5.69 Å². The largest absolute Gasteiger partial charge is 0.276 e. The molecule has 0 aliphatic heterocycles. The molecule has 1 N–H and O–H groups in total. The topological polar surface area (TPSA) is 64.0 Å². The Labute approximate surface area is 148 Å². The van der Waals surface area contributed by atoms with Crippen molar-refractivity contribution in [3.05, 3.63) is 77.6 Å². The van der Waals surface area contributed by atoms with Gasteiger partial charge in [0.05, 0.1) is 16.8 Å². The lowest BCUT2D eigenvalue weighted by molar-refractivity contribution is 0.600. The van der Waals surface area contributed by atoms with E-state index >= 15 is 0 Å². The zero-order valence-corrected chi connectivity index (χ0v) is 15.1. The molecule has 25 heavy (non-hydrogen) atoms. The standard InChI is InChI=1S/C19H21N3O2S/c1-15-8-9-19(16(2)12-15)25(23,24)21-18-13-20-22(14-18)11-10-17-6-4-3-5-7-17/h3-9,12-14,21H,10-11H2,1-2H3. The molecule has 0 aliphatic rings. The number of aromatic nitrogens is 2. The maximum Gasteiger partial charge on any atom is 0.262 e. The summed E-state index contributed by atoms with van der Waals surface area (Å²) in [7, 11) is -3.62. The van der Waals surface area contributed by atoms with Gasteiger partial charge in [-0.25, -0.2) is 8.42 Å². The summed E-state index contributed by atoms with van der Waals surface area (Å²) in [6.07, 6.45) is 4.09. The number of nitrogens with zero attached hydrogens (tertiary/aromatic N) is 2. The van der Waals surface area contributed by atoms with Gasteiger partial charge in [-0.05, 0) is 37.5 Å². The van der Waals surface area contributed by atoms with Crippen LogP contribution in [0.5, 0.6) is 0 Å². The Morgan fingerprint density at radius 3 is 2.56 bits per heavy atom. The molecule has 5 nitrogen and oxygen atoms in total. The van der Waals surface area contributed by atoms with Crippen LogP contribution in [0.3, 0.4) is 0 Å². The van der Waals surface area contributed by atoms with E-state index < -0.39 is 10.0 Å². The first-order valence-corrected chi connectivity index (χ1v) is 9.59. The SMILES string of the molecule is Cc1ccc(S(=O)(=O)Nc2cnn(CCc3ccccc3)c2)c(C)c1. The van der Waals surface area contributed by atoms with E-state index in [-0.39, 0.29) is 4.90 Å². The Kier molecular flexibility index (Phi) is 4.90. The number of aryl methyl sites for hydroxylation is 4. The van der Waals surface area contributed by atoms with Gasteiger partial charge in [0.15, 0.2) is 0 Å². The highest BCUT2D eigenvalue weighted by Crippen LogP contribution is 2.20. The zero-order chi connectivity index (χ0) is 17.9. The average molecular weight is 355 g/mol. The van der Waals surface area contributed by atoms with Gasteiger partial charge in [-0.2, -0.15) is 5.10 Å². The third-order valence-electron chi connectivity index (χ3n) is 3.98. The van der Waals surface area contributed by atoms with Crippen molar-refractivity contribution in [3.8, 4) is 0 Å². The van der Waals surface area contributed by atoms with Crippen molar-refractivity contribution in [2.24, 2.45) is 0 Å². The Morgan fingerprint density at radius 2 is 1.84 bits per heavy atom. The summed E-state index contributed by atoms with van der Waals surface area (Å²) >= 11 is 0. The van der Waals surface area contributed by atoms with Gasteiger partial charge in [0.25, 0.3) is 10.0 Å². The molecule has 0 spiro atoms. The van der Waals surface area contributed by atoms with Crippen LogP contribution < -0.4 is 4.72 Å². The first-order chi connectivity index (χ1) is 11.9. The molecule has 6 heteroatoms. The third kappa shape index (κ3) is 4.28. The van der Waals surface area contributed by atoms with E-state index in [1.807, 2.05) is 31.2 Å². The number of hydrogen-bond acceptors (Lipinski definition) is 3. The van der Waals surface area contributed by atoms with Crippen LogP contribution in [0, 0.1) is 13.8 Å². The Morgan fingerprint density at radius 1 is 1.08 bits per heavy atom. The zero-order valence-electron chi connectivity index (χ0n) is 14.3. The first-order valence-electron chi connectivity index (χ1n) is 8.10. The van der Waals surface area contributed by atoms with Gasteiger partial charge in [-0.1, -0.05) is 48.0 Å². The lowest BCUT2D eigenvalue weighted by Gasteiger charge is -2.09. The van der Waals surface area contributed by atoms with Crippen molar-refractivity contribution >= 4 is 15.7 Å². The summed E-state index contributed by atoms with van der Waals surface area (Å²) in [4.78, 5) is 0.287. The minimum atomic E-state index is -3.62. The second-order valence-corrected chi connectivity index (χ2v) is 7.75. The van der Waals surface area contributed by atoms with Gasteiger partial charge in [-0.3, -0.25) is 9.40 Å². The smallest absolute Gasteiger partial charge is 0.262 e. The van der Waals surface area contributed by atoms with Gasteiger partial charge in [0.1, 0.15) is 0 Å². The lowest BCUT2D eigenvalue weighted by atomic mass is 10.1. The highest BCUT2D eigenvalue weighted by Gasteiger charge is 2.17. The van der Waals surface area contributed by atoms with E-state index in [1.54, 1.807) is 29.9 Å². The summed E-state index contributed by atoms with van der Waals surface area (Å²) in [5.41, 5.74) is 3.44. The van der Waals surface area contributed by atoms with Crippen LogP contribution in [-0.4, -0.2) is 18.2 Å². The van der Waals surface area contributed by atoms with E-state index in [2.05, 4.69) is 22.0 Å². The lowest BCUT2D eigenvalue weighted by Crippen LogP contribution is -2.14. The molecule has 0 amide bonds. The summed E-state index contributed by atoms with van der Waals surface area (Å²) in [5, 5.41) is 4.24. The Hall–Kier alpha value is -2.60. The quantitative estimate of drug-likeness (QED) is 0.735. The van der Waals surface area contributed by atoms with E-state index in [0.717, 1.165) is 17.5 Å². The van der Waals surface area contributed by atoms with Gasteiger partial charge in [-0.15, -0.1) is 0 Å². The van der Waals surface area contributed by atoms with Gasteiger partial charge >= 0.3 is 0 Å². The van der Waals surface area contributed by atoms with Crippen molar-refractivity contribution in [2.45, 2.75) is 31.7 Å². The summed E-state index contributed by atoms with van der Waals surface area (Å²) in [6, 6.07) is 15.4. The minimum absolute atomic E-state index is 0.287. The number of nitrogens with one attached hydrogen (secondary N) is 1. The molecule has 0 unspecified atom stereocenters. The molecule has 0 radical (unpaired) electrons. The number of sulfonamides is 1. The molecule has 130 valence electrons. The van der Waals surface area contributed by atoms with Crippen LogP contribution in [0.2, 0.25) is 0 Å². The van der Waals surface area contributed by atoms with Gasteiger partial charge in [0, 0.05) is 12.7 Å². The number of hydrogen-bond donors (Lipinski definition) is 1. The molecule has 3 aromatic rings. The molecule has 0 saturated heterocycles. The molecule has 0 aliphatic carbocycles. The van der Waals surface area contributed by atoms with Gasteiger partial charge in [0.2, 0.25) is 0 Å². The predicted molar refractivity (Wildman–Crippen MR) is 99.1 cm³/mol. The Bertz CT molecular complexity index is 963. The highest BCUT2D eigenvalue weighted by atomic mass is 32.2. The van der Waals surface area contributed by atoms with E-state index in [1.165, 1.54) is 11.8 Å².